The maximum absolute atomic E-state index is 12.2. The Hall–Kier alpha value is -1.75. The standard InChI is InChI=1S/C17H14Cl3N3O/c1-9-15(11-4-2-3-5-12(11)19)16(17(21)24)23(22-9)14-7-6-10(18)8-13(14)20/h2-8,15-16H,1H3,(H2,21,24). The van der Waals surface area contributed by atoms with Gasteiger partial charge in [0, 0.05) is 15.8 Å². The molecule has 2 aromatic carbocycles. The number of amides is 1. The number of nitrogens with zero attached hydrogens (tertiary/aromatic N) is 2. The third-order valence-corrected chi connectivity index (χ3v) is 4.87. The lowest BCUT2D eigenvalue weighted by atomic mass is 9.88. The normalized spacial score (nSPS) is 20.2. The highest BCUT2D eigenvalue weighted by Crippen LogP contribution is 2.40. The lowest BCUT2D eigenvalue weighted by Gasteiger charge is -2.26. The van der Waals surface area contributed by atoms with E-state index in [2.05, 4.69) is 5.10 Å². The van der Waals surface area contributed by atoms with Gasteiger partial charge in [-0.3, -0.25) is 9.80 Å². The Morgan fingerprint density at radius 3 is 2.46 bits per heavy atom. The molecule has 1 aliphatic heterocycles. The molecule has 0 bridgehead atoms. The highest BCUT2D eigenvalue weighted by atomic mass is 35.5. The summed E-state index contributed by atoms with van der Waals surface area (Å²) in [6, 6.07) is 11.6. The Kier molecular flexibility index (Phi) is 4.72. The van der Waals surface area contributed by atoms with E-state index in [0.717, 1.165) is 11.3 Å². The van der Waals surface area contributed by atoms with Gasteiger partial charge < -0.3 is 5.73 Å². The monoisotopic (exact) mass is 381 g/mol. The number of hydrazone groups is 1. The van der Waals surface area contributed by atoms with Crippen molar-refractivity contribution in [3.63, 3.8) is 0 Å². The molecule has 124 valence electrons. The molecule has 0 saturated heterocycles. The smallest absolute Gasteiger partial charge is 0.243 e. The van der Waals surface area contributed by atoms with Crippen molar-refractivity contribution in [3.05, 3.63) is 63.1 Å². The molecule has 1 amide bonds. The van der Waals surface area contributed by atoms with Crippen LogP contribution in [0.15, 0.2) is 47.6 Å². The van der Waals surface area contributed by atoms with E-state index < -0.39 is 11.9 Å². The van der Waals surface area contributed by atoms with Gasteiger partial charge in [0.25, 0.3) is 0 Å². The van der Waals surface area contributed by atoms with Crippen LogP contribution < -0.4 is 10.7 Å². The molecule has 2 atom stereocenters. The van der Waals surface area contributed by atoms with Crippen molar-refractivity contribution in [2.24, 2.45) is 10.8 Å². The van der Waals surface area contributed by atoms with E-state index >= 15 is 0 Å². The minimum atomic E-state index is -0.719. The molecule has 0 radical (unpaired) electrons. The molecule has 0 aromatic heterocycles. The van der Waals surface area contributed by atoms with E-state index in [4.69, 9.17) is 40.5 Å². The van der Waals surface area contributed by atoms with Crippen molar-refractivity contribution in [1.29, 1.82) is 0 Å². The summed E-state index contributed by atoms with van der Waals surface area (Å²) in [7, 11) is 0. The number of primary amides is 1. The maximum atomic E-state index is 12.2. The molecular formula is C17H14Cl3N3O. The average molecular weight is 383 g/mol. The summed E-state index contributed by atoms with van der Waals surface area (Å²) < 4.78 is 0. The number of carbonyl (C=O) groups excluding carboxylic acids is 1. The van der Waals surface area contributed by atoms with Gasteiger partial charge in [-0.05, 0) is 36.8 Å². The lowest BCUT2D eigenvalue weighted by Crippen LogP contribution is -2.43. The summed E-state index contributed by atoms with van der Waals surface area (Å²) in [4.78, 5) is 12.2. The molecule has 3 rings (SSSR count). The van der Waals surface area contributed by atoms with Crippen LogP contribution in [-0.2, 0) is 4.79 Å². The van der Waals surface area contributed by atoms with Crippen LogP contribution in [0.4, 0.5) is 5.69 Å². The number of rotatable bonds is 3. The molecule has 24 heavy (non-hydrogen) atoms. The summed E-state index contributed by atoms with van der Waals surface area (Å²) in [6.45, 7) is 1.84. The number of hydrogen-bond donors (Lipinski definition) is 1. The summed E-state index contributed by atoms with van der Waals surface area (Å²) in [6.07, 6.45) is 0. The van der Waals surface area contributed by atoms with Crippen LogP contribution in [0.25, 0.3) is 0 Å². The van der Waals surface area contributed by atoms with Gasteiger partial charge in [-0.1, -0.05) is 53.0 Å². The number of halogens is 3. The molecule has 0 aliphatic carbocycles. The Labute approximate surface area is 154 Å². The van der Waals surface area contributed by atoms with Crippen LogP contribution >= 0.6 is 34.8 Å². The number of anilines is 1. The predicted octanol–water partition coefficient (Wildman–Crippen LogP) is 4.48. The summed E-state index contributed by atoms with van der Waals surface area (Å²) >= 11 is 18.5. The van der Waals surface area contributed by atoms with E-state index in [1.807, 2.05) is 25.1 Å². The number of nitrogens with two attached hydrogens (primary N) is 1. The van der Waals surface area contributed by atoms with Gasteiger partial charge in [0.15, 0.2) is 0 Å². The predicted molar refractivity (Wildman–Crippen MR) is 99.2 cm³/mol. The fourth-order valence-electron chi connectivity index (χ4n) is 2.94. The Morgan fingerprint density at radius 2 is 1.83 bits per heavy atom. The maximum Gasteiger partial charge on any atom is 0.243 e. The summed E-state index contributed by atoms with van der Waals surface area (Å²) in [5.41, 5.74) is 7.78. The minimum Gasteiger partial charge on any atom is -0.368 e. The highest BCUT2D eigenvalue weighted by Gasteiger charge is 2.42. The summed E-state index contributed by atoms with van der Waals surface area (Å²) in [5, 5.41) is 7.52. The van der Waals surface area contributed by atoms with Gasteiger partial charge in [0.1, 0.15) is 6.04 Å². The molecular weight excluding hydrogens is 369 g/mol. The zero-order valence-corrected chi connectivity index (χ0v) is 15.0. The second-order valence-corrected chi connectivity index (χ2v) is 6.78. The summed E-state index contributed by atoms with van der Waals surface area (Å²) in [5.74, 6) is -0.852. The topological polar surface area (TPSA) is 58.7 Å². The molecule has 1 heterocycles. The lowest BCUT2D eigenvalue weighted by molar-refractivity contribution is -0.119. The van der Waals surface area contributed by atoms with Crippen molar-refractivity contribution >= 4 is 52.1 Å². The van der Waals surface area contributed by atoms with Crippen molar-refractivity contribution in [2.45, 2.75) is 18.9 Å². The minimum absolute atomic E-state index is 0.344. The Bertz CT molecular complexity index is 838. The number of benzene rings is 2. The van der Waals surface area contributed by atoms with Crippen LogP contribution in [0.1, 0.15) is 18.4 Å². The highest BCUT2D eigenvalue weighted by molar-refractivity contribution is 6.36. The molecule has 0 fully saturated rings. The first-order valence-electron chi connectivity index (χ1n) is 7.23. The van der Waals surface area contributed by atoms with Gasteiger partial charge >= 0.3 is 0 Å². The van der Waals surface area contributed by atoms with E-state index in [9.17, 15) is 4.79 Å². The average Bonchev–Trinajstić information content (AvgIpc) is 2.85. The van der Waals surface area contributed by atoms with Crippen LogP contribution in [0.3, 0.4) is 0 Å². The third kappa shape index (κ3) is 2.97. The SMILES string of the molecule is CC1=NN(c2ccc(Cl)cc2Cl)C(C(N)=O)C1c1ccccc1Cl. The molecule has 7 heteroatoms. The fourth-order valence-corrected chi connectivity index (χ4v) is 3.69. The van der Waals surface area contributed by atoms with Gasteiger partial charge in [0.05, 0.1) is 16.6 Å². The number of carbonyl (C=O) groups is 1. The van der Waals surface area contributed by atoms with E-state index in [-0.39, 0.29) is 5.92 Å². The van der Waals surface area contributed by atoms with Gasteiger partial charge in [0.2, 0.25) is 5.91 Å². The van der Waals surface area contributed by atoms with Crippen molar-refractivity contribution < 1.29 is 4.79 Å². The first-order valence-corrected chi connectivity index (χ1v) is 8.36. The molecule has 2 aromatic rings. The first kappa shape index (κ1) is 17.1. The fraction of sp³-hybridized carbons (Fsp3) is 0.176. The Morgan fingerprint density at radius 1 is 1.12 bits per heavy atom. The van der Waals surface area contributed by atoms with Gasteiger partial charge in [-0.15, -0.1) is 0 Å². The number of hydrogen-bond acceptors (Lipinski definition) is 3. The van der Waals surface area contributed by atoms with Crippen LogP contribution in [0.5, 0.6) is 0 Å². The molecule has 2 N–H and O–H groups in total. The molecule has 0 saturated carbocycles. The van der Waals surface area contributed by atoms with Gasteiger partial charge in [-0.25, -0.2) is 0 Å². The van der Waals surface area contributed by atoms with E-state index in [0.29, 0.717) is 20.8 Å². The largest absolute Gasteiger partial charge is 0.368 e. The van der Waals surface area contributed by atoms with Crippen molar-refractivity contribution in [3.8, 4) is 0 Å². The Balaban J connectivity index is 2.10. The molecule has 2 unspecified atom stereocenters. The first-order chi connectivity index (χ1) is 11.4. The molecule has 1 aliphatic rings. The van der Waals surface area contributed by atoms with E-state index in [1.165, 1.54) is 0 Å². The van der Waals surface area contributed by atoms with Gasteiger partial charge in [-0.2, -0.15) is 5.10 Å². The van der Waals surface area contributed by atoms with Crippen LogP contribution in [-0.4, -0.2) is 17.7 Å². The van der Waals surface area contributed by atoms with Crippen molar-refractivity contribution in [2.75, 3.05) is 5.01 Å². The van der Waals surface area contributed by atoms with E-state index in [1.54, 1.807) is 29.3 Å². The zero-order chi connectivity index (χ0) is 17.4. The van der Waals surface area contributed by atoms with Crippen LogP contribution in [0, 0.1) is 0 Å². The molecule has 4 nitrogen and oxygen atoms in total. The second kappa shape index (κ2) is 6.63. The van der Waals surface area contributed by atoms with Crippen molar-refractivity contribution in [1.82, 2.24) is 0 Å². The second-order valence-electron chi connectivity index (χ2n) is 5.53. The van der Waals surface area contributed by atoms with Crippen LogP contribution in [0.2, 0.25) is 15.1 Å². The quantitative estimate of drug-likeness (QED) is 0.851. The molecule has 0 spiro atoms. The zero-order valence-electron chi connectivity index (χ0n) is 12.7. The third-order valence-electron chi connectivity index (χ3n) is 3.98.